The summed E-state index contributed by atoms with van der Waals surface area (Å²) < 4.78 is 5.72. The molecule has 3 unspecified atom stereocenters. The normalized spacial score (nSPS) is 34.4. The molecule has 1 amide bonds. The second-order valence-corrected chi connectivity index (χ2v) is 8.12. The van der Waals surface area contributed by atoms with Crippen LogP contribution in [-0.4, -0.2) is 71.7 Å². The maximum absolute atomic E-state index is 13.2. The predicted molar refractivity (Wildman–Crippen MR) is 103 cm³/mol. The van der Waals surface area contributed by atoms with Crippen molar-refractivity contribution in [1.82, 2.24) is 15.8 Å². The summed E-state index contributed by atoms with van der Waals surface area (Å²) in [4.78, 5) is 15.1. The van der Waals surface area contributed by atoms with Crippen LogP contribution in [0.1, 0.15) is 30.7 Å². The second-order valence-electron chi connectivity index (χ2n) is 8.12. The molecule has 3 fully saturated rings. The number of hydrazine groups is 1. The quantitative estimate of drug-likeness (QED) is 0.450. The van der Waals surface area contributed by atoms with E-state index in [0.717, 1.165) is 5.56 Å². The molecule has 28 heavy (non-hydrogen) atoms. The van der Waals surface area contributed by atoms with E-state index in [-0.39, 0.29) is 42.7 Å². The maximum Gasteiger partial charge on any atom is 0.241 e. The van der Waals surface area contributed by atoms with Gasteiger partial charge in [0.25, 0.3) is 0 Å². The van der Waals surface area contributed by atoms with Crippen LogP contribution in [0.3, 0.4) is 0 Å². The Balaban J connectivity index is 1.41. The van der Waals surface area contributed by atoms with Crippen LogP contribution < -0.4 is 16.6 Å². The number of ether oxygens (including phenoxy) is 1. The summed E-state index contributed by atoms with van der Waals surface area (Å²) in [5.41, 5.74) is 13.0. The van der Waals surface area contributed by atoms with Gasteiger partial charge in [-0.05, 0) is 18.4 Å². The molecule has 1 saturated carbocycles. The van der Waals surface area contributed by atoms with E-state index in [4.69, 9.17) is 15.6 Å². The Kier molecular flexibility index (Phi) is 5.69. The number of nitrogens with zero attached hydrogens (tertiary/aromatic N) is 1. The third-order valence-electron chi connectivity index (χ3n) is 6.76. The molecule has 2 saturated heterocycles. The summed E-state index contributed by atoms with van der Waals surface area (Å²) in [6.07, 6.45) is 1.25. The number of nitrogens with two attached hydrogens (primary N) is 1. The highest BCUT2D eigenvalue weighted by Gasteiger charge is 2.57. The number of aliphatic hydroxyl groups is 2. The average molecular weight is 390 g/mol. The molecule has 154 valence electrons. The summed E-state index contributed by atoms with van der Waals surface area (Å²) in [6.45, 7) is 1.44. The number of nitrogens with one attached hydrogen (secondary N) is 2. The van der Waals surface area contributed by atoms with Gasteiger partial charge in [-0.1, -0.05) is 30.3 Å². The molecule has 4 rings (SSSR count). The van der Waals surface area contributed by atoms with Crippen LogP contribution >= 0.6 is 0 Å². The number of likely N-dealkylation sites (tertiary alicyclic amines) is 1. The Morgan fingerprint density at radius 2 is 1.96 bits per heavy atom. The van der Waals surface area contributed by atoms with Crippen molar-refractivity contribution < 1.29 is 19.7 Å². The van der Waals surface area contributed by atoms with Crippen LogP contribution in [0, 0.1) is 5.41 Å². The van der Waals surface area contributed by atoms with E-state index in [1.807, 2.05) is 35.2 Å². The molecule has 1 spiro atoms. The number of hydrogen-bond donors (Lipinski definition) is 5. The van der Waals surface area contributed by atoms with Crippen molar-refractivity contribution in [3.8, 4) is 0 Å². The second kappa shape index (κ2) is 8.06. The molecule has 0 bridgehead atoms. The molecule has 5 atom stereocenters. The fraction of sp³-hybridized carbons (Fsp3) is 0.650. The van der Waals surface area contributed by atoms with Crippen LogP contribution in [-0.2, 0) is 9.53 Å². The molecule has 1 aromatic carbocycles. The number of piperidine rings is 1. The fourth-order valence-corrected chi connectivity index (χ4v) is 5.01. The van der Waals surface area contributed by atoms with Crippen LogP contribution in [0.15, 0.2) is 30.3 Å². The highest BCUT2D eigenvalue weighted by atomic mass is 16.5. The topological polar surface area (TPSA) is 120 Å². The SMILES string of the molecule is NC1NNC(C(=O)N2CCC3(CC2)[C@@H](O)C[C@H]3OCCO)C1c1ccccc1. The molecule has 2 aliphatic heterocycles. The van der Waals surface area contributed by atoms with Crippen LogP contribution in [0.2, 0.25) is 0 Å². The number of benzene rings is 1. The lowest BCUT2D eigenvalue weighted by molar-refractivity contribution is -0.213. The Hall–Kier alpha value is -1.55. The highest BCUT2D eigenvalue weighted by molar-refractivity contribution is 5.83. The minimum atomic E-state index is -0.417. The first-order valence-corrected chi connectivity index (χ1v) is 10.1. The van der Waals surface area contributed by atoms with Gasteiger partial charge in [-0.2, -0.15) is 0 Å². The maximum atomic E-state index is 13.2. The van der Waals surface area contributed by atoms with E-state index in [0.29, 0.717) is 32.4 Å². The van der Waals surface area contributed by atoms with E-state index in [1.54, 1.807) is 0 Å². The molecule has 1 aromatic rings. The fourth-order valence-electron chi connectivity index (χ4n) is 5.01. The van der Waals surface area contributed by atoms with Gasteiger partial charge < -0.3 is 25.6 Å². The first-order valence-electron chi connectivity index (χ1n) is 10.1. The molecular weight excluding hydrogens is 360 g/mol. The summed E-state index contributed by atoms with van der Waals surface area (Å²) in [7, 11) is 0. The molecule has 8 heteroatoms. The van der Waals surface area contributed by atoms with Gasteiger partial charge in [-0.25, -0.2) is 10.9 Å². The zero-order valence-corrected chi connectivity index (χ0v) is 16.0. The Morgan fingerprint density at radius 1 is 1.25 bits per heavy atom. The number of hydrogen-bond acceptors (Lipinski definition) is 7. The van der Waals surface area contributed by atoms with Gasteiger partial charge in [-0.3, -0.25) is 4.79 Å². The van der Waals surface area contributed by atoms with Crippen molar-refractivity contribution in [2.45, 2.75) is 49.6 Å². The van der Waals surface area contributed by atoms with Crippen molar-refractivity contribution in [3.05, 3.63) is 35.9 Å². The van der Waals surface area contributed by atoms with Crippen LogP contribution in [0.4, 0.5) is 0 Å². The number of carbonyl (C=O) groups excluding carboxylic acids is 1. The van der Waals surface area contributed by atoms with Gasteiger partial charge in [0.2, 0.25) is 5.91 Å². The molecular formula is C20H30N4O4. The first kappa shape index (κ1) is 19.8. The van der Waals surface area contributed by atoms with E-state index in [2.05, 4.69) is 10.9 Å². The Morgan fingerprint density at radius 3 is 2.61 bits per heavy atom. The summed E-state index contributed by atoms with van der Waals surface area (Å²) in [5, 5.41) is 19.4. The van der Waals surface area contributed by atoms with Gasteiger partial charge in [-0.15, -0.1) is 0 Å². The number of aliphatic hydroxyl groups excluding tert-OH is 2. The van der Waals surface area contributed by atoms with E-state index in [1.165, 1.54) is 0 Å². The minimum absolute atomic E-state index is 0.0191. The lowest BCUT2D eigenvalue weighted by Crippen LogP contribution is -2.63. The Labute approximate surface area is 165 Å². The van der Waals surface area contributed by atoms with Gasteiger partial charge >= 0.3 is 0 Å². The van der Waals surface area contributed by atoms with Crippen molar-refractivity contribution in [3.63, 3.8) is 0 Å². The van der Waals surface area contributed by atoms with Gasteiger partial charge in [0.1, 0.15) is 6.04 Å². The van der Waals surface area contributed by atoms with E-state index >= 15 is 0 Å². The third kappa shape index (κ3) is 3.34. The van der Waals surface area contributed by atoms with Crippen molar-refractivity contribution in [2.75, 3.05) is 26.3 Å². The lowest BCUT2D eigenvalue weighted by Gasteiger charge is -2.56. The standard InChI is InChI=1S/C20H30N4O4/c21-18-16(13-4-2-1-3-5-13)17(22-23-18)19(27)24-8-6-20(7-9-24)14(26)12-15(20)28-11-10-25/h1-5,14-18,22-23,25-26H,6-12,21H2/t14-,15+,16?,17?,18?/m0/s1. The minimum Gasteiger partial charge on any atom is -0.394 e. The average Bonchev–Trinajstić information content (AvgIpc) is 3.12. The largest absolute Gasteiger partial charge is 0.394 e. The summed E-state index contributed by atoms with van der Waals surface area (Å²) in [6, 6.07) is 9.44. The van der Waals surface area contributed by atoms with E-state index in [9.17, 15) is 9.90 Å². The molecule has 3 aliphatic rings. The van der Waals surface area contributed by atoms with Crippen LogP contribution in [0.5, 0.6) is 0 Å². The monoisotopic (exact) mass is 390 g/mol. The zero-order chi connectivity index (χ0) is 19.7. The number of amides is 1. The molecule has 0 aromatic heterocycles. The smallest absolute Gasteiger partial charge is 0.241 e. The zero-order valence-electron chi connectivity index (χ0n) is 16.0. The number of rotatable bonds is 5. The molecule has 6 N–H and O–H groups in total. The molecule has 1 aliphatic carbocycles. The molecule has 0 radical (unpaired) electrons. The van der Waals surface area contributed by atoms with Crippen molar-refractivity contribution in [1.29, 1.82) is 0 Å². The highest BCUT2D eigenvalue weighted by Crippen LogP contribution is 2.51. The first-order chi connectivity index (χ1) is 13.6. The molecule has 8 nitrogen and oxygen atoms in total. The van der Waals surface area contributed by atoms with Gasteiger partial charge in [0.15, 0.2) is 0 Å². The Bertz CT molecular complexity index is 680. The molecule has 2 heterocycles. The van der Waals surface area contributed by atoms with Crippen molar-refractivity contribution in [2.24, 2.45) is 11.1 Å². The summed E-state index contributed by atoms with van der Waals surface area (Å²) in [5.74, 6) is -0.106. The van der Waals surface area contributed by atoms with Gasteiger partial charge in [0, 0.05) is 30.8 Å². The lowest BCUT2D eigenvalue weighted by atomic mass is 9.58. The summed E-state index contributed by atoms with van der Waals surface area (Å²) >= 11 is 0. The predicted octanol–water partition coefficient (Wildman–Crippen LogP) is -0.718. The van der Waals surface area contributed by atoms with E-state index < -0.39 is 12.1 Å². The van der Waals surface area contributed by atoms with Crippen LogP contribution in [0.25, 0.3) is 0 Å². The van der Waals surface area contributed by atoms with Crippen molar-refractivity contribution >= 4 is 5.91 Å². The number of carbonyl (C=O) groups is 1. The third-order valence-corrected chi connectivity index (χ3v) is 6.76. The van der Waals surface area contributed by atoms with Gasteiger partial charge in [0.05, 0.1) is 31.6 Å².